The molecule has 0 aliphatic carbocycles. The van der Waals surface area contributed by atoms with Crippen LogP contribution in [0.25, 0.3) is 87.7 Å². The number of fused-ring (bicyclic) bond motifs is 10. The number of hydrogen-bond acceptors (Lipinski definition) is 2. The third-order valence-electron chi connectivity index (χ3n) is 8.23. The van der Waals surface area contributed by atoms with Crippen molar-refractivity contribution in [1.29, 1.82) is 0 Å². The molecule has 3 aromatic heterocycles. The highest BCUT2D eigenvalue weighted by molar-refractivity contribution is 6.23. The summed E-state index contributed by atoms with van der Waals surface area (Å²) in [5.41, 5.74) is 8.19. The Bertz CT molecular complexity index is 2280. The largest absolute Gasteiger partial charge is 0.354 e. The van der Waals surface area contributed by atoms with Crippen LogP contribution < -0.4 is 0 Å². The monoisotopic (exact) mass is 510 g/mol. The Morgan fingerprint density at radius 3 is 1.43 bits per heavy atom. The smallest absolute Gasteiger partial charge is 0.0913 e. The van der Waals surface area contributed by atoms with Crippen LogP contribution in [0.4, 0.5) is 0 Å². The fourth-order valence-electron chi connectivity index (χ4n) is 6.44. The molecule has 0 bridgehead atoms. The van der Waals surface area contributed by atoms with Crippen molar-refractivity contribution in [2.24, 2.45) is 0 Å². The van der Waals surface area contributed by atoms with Gasteiger partial charge in [-0.05, 0) is 33.7 Å². The minimum Gasteiger partial charge on any atom is -0.354 e. The maximum absolute atomic E-state index is 5.18. The minimum absolute atomic E-state index is 0.845. The Kier molecular flexibility index (Phi) is 4.30. The lowest BCUT2D eigenvalue weighted by molar-refractivity contribution is 1.21. The molecule has 2 N–H and O–H groups in total. The van der Waals surface area contributed by atoms with Gasteiger partial charge in [-0.15, -0.1) is 0 Å². The zero-order valence-corrected chi connectivity index (χ0v) is 21.4. The zero-order valence-electron chi connectivity index (χ0n) is 21.4. The molecule has 0 saturated heterocycles. The van der Waals surface area contributed by atoms with Gasteiger partial charge in [-0.1, -0.05) is 97.1 Å². The zero-order chi connectivity index (χ0) is 26.2. The molecule has 4 nitrogen and oxygen atoms in total. The Labute approximate surface area is 228 Å². The van der Waals surface area contributed by atoms with E-state index >= 15 is 0 Å². The number of benzene rings is 6. The second-order valence-electron chi connectivity index (χ2n) is 10.4. The molecule has 9 rings (SSSR count). The Morgan fingerprint density at radius 2 is 0.900 bits per heavy atom. The van der Waals surface area contributed by atoms with Crippen molar-refractivity contribution in [2.45, 2.75) is 0 Å². The van der Waals surface area contributed by atoms with Crippen molar-refractivity contribution in [3.05, 3.63) is 122 Å². The van der Waals surface area contributed by atoms with E-state index < -0.39 is 0 Å². The van der Waals surface area contributed by atoms with E-state index in [0.29, 0.717) is 0 Å². The fraction of sp³-hybridized carbons (Fsp3) is 0. The molecule has 0 fully saturated rings. The normalized spacial score (nSPS) is 12.0. The van der Waals surface area contributed by atoms with Crippen LogP contribution in [0.3, 0.4) is 0 Å². The minimum atomic E-state index is 0.845. The van der Waals surface area contributed by atoms with Gasteiger partial charge >= 0.3 is 0 Å². The van der Waals surface area contributed by atoms with Crippen LogP contribution in [0, 0.1) is 0 Å². The van der Waals surface area contributed by atoms with E-state index in [0.717, 1.165) is 44.6 Å². The lowest BCUT2D eigenvalue weighted by atomic mass is 10.0. The molecule has 40 heavy (non-hydrogen) atoms. The molecule has 6 aromatic carbocycles. The molecule has 0 atom stereocenters. The third-order valence-corrected chi connectivity index (χ3v) is 8.23. The van der Waals surface area contributed by atoms with Crippen molar-refractivity contribution in [1.82, 2.24) is 19.9 Å². The van der Waals surface area contributed by atoms with Crippen LogP contribution in [-0.4, -0.2) is 19.9 Å². The van der Waals surface area contributed by atoms with Crippen molar-refractivity contribution >= 4 is 65.2 Å². The number of hydrogen-bond donors (Lipinski definition) is 2. The van der Waals surface area contributed by atoms with E-state index in [9.17, 15) is 0 Å². The summed E-state index contributed by atoms with van der Waals surface area (Å²) in [6.45, 7) is 0. The first-order valence-electron chi connectivity index (χ1n) is 13.5. The molecule has 0 amide bonds. The fourth-order valence-corrected chi connectivity index (χ4v) is 6.44. The topological polar surface area (TPSA) is 57.4 Å². The predicted molar refractivity (Wildman–Crippen MR) is 167 cm³/mol. The number of aromatic amines is 2. The van der Waals surface area contributed by atoms with E-state index in [1.807, 2.05) is 12.4 Å². The van der Waals surface area contributed by atoms with Gasteiger partial charge in [0.25, 0.3) is 0 Å². The summed E-state index contributed by atoms with van der Waals surface area (Å²) in [5, 5.41) is 9.86. The predicted octanol–water partition coefficient (Wildman–Crippen LogP) is 9.39. The lowest BCUT2D eigenvalue weighted by Crippen LogP contribution is -1.92. The van der Waals surface area contributed by atoms with Crippen molar-refractivity contribution < 1.29 is 0 Å². The van der Waals surface area contributed by atoms with Crippen molar-refractivity contribution in [3.63, 3.8) is 0 Å². The quantitative estimate of drug-likeness (QED) is 0.243. The highest BCUT2D eigenvalue weighted by atomic mass is 14.8. The summed E-state index contributed by atoms with van der Waals surface area (Å²) in [6, 6.07) is 38.7. The maximum Gasteiger partial charge on any atom is 0.0913 e. The molecule has 0 radical (unpaired) electrons. The first kappa shape index (κ1) is 21.5. The van der Waals surface area contributed by atoms with Gasteiger partial charge in [0, 0.05) is 43.7 Å². The van der Waals surface area contributed by atoms with Gasteiger partial charge < -0.3 is 9.97 Å². The summed E-state index contributed by atoms with van der Waals surface area (Å²) in [7, 11) is 0. The van der Waals surface area contributed by atoms with Gasteiger partial charge in [0.15, 0.2) is 0 Å². The number of rotatable bonds is 2. The van der Waals surface area contributed by atoms with Gasteiger partial charge in [-0.3, -0.25) is 4.98 Å². The van der Waals surface area contributed by atoms with Gasteiger partial charge in [0.05, 0.1) is 34.8 Å². The molecule has 0 spiro atoms. The molecule has 4 heteroatoms. The number of nitrogens with zero attached hydrogens (tertiary/aromatic N) is 2. The average Bonchev–Trinajstić information content (AvgIpc) is 3.60. The average molecular weight is 511 g/mol. The first-order chi connectivity index (χ1) is 19.8. The van der Waals surface area contributed by atoms with Crippen LogP contribution >= 0.6 is 0 Å². The second-order valence-corrected chi connectivity index (χ2v) is 10.4. The van der Waals surface area contributed by atoms with Crippen LogP contribution in [0.15, 0.2) is 122 Å². The van der Waals surface area contributed by atoms with Crippen molar-refractivity contribution in [3.8, 4) is 22.5 Å². The van der Waals surface area contributed by atoms with Crippen molar-refractivity contribution in [2.75, 3.05) is 0 Å². The summed E-state index contributed by atoms with van der Waals surface area (Å²) in [5.74, 6) is 0. The number of nitrogens with one attached hydrogen (secondary N) is 2. The molecule has 0 unspecified atom stereocenters. The van der Waals surface area contributed by atoms with E-state index in [1.165, 1.54) is 43.1 Å². The highest BCUT2D eigenvalue weighted by Crippen LogP contribution is 2.39. The molecular formula is C36H22N4. The number of para-hydroxylation sites is 2. The van der Waals surface area contributed by atoms with E-state index in [-0.39, 0.29) is 0 Å². The number of H-pyrrole nitrogens is 2. The highest BCUT2D eigenvalue weighted by Gasteiger charge is 2.16. The Balaban J connectivity index is 1.26. The number of aromatic nitrogens is 4. The maximum atomic E-state index is 5.18. The molecule has 3 heterocycles. The molecule has 0 aliphatic heterocycles. The van der Waals surface area contributed by atoms with Crippen LogP contribution in [0.5, 0.6) is 0 Å². The van der Waals surface area contributed by atoms with E-state index in [2.05, 4.69) is 124 Å². The van der Waals surface area contributed by atoms with E-state index in [4.69, 9.17) is 4.98 Å². The second kappa shape index (κ2) is 8.01. The third kappa shape index (κ3) is 2.96. The SMILES string of the molecule is c1ccc2c(c1)ccc1[nH]c3c(-c4cncc(-c5cccc6c5[nH]c5ccc7ccccc7c56)n4)cccc3c12. The molecule has 9 aromatic rings. The van der Waals surface area contributed by atoms with Gasteiger partial charge in [0.1, 0.15) is 0 Å². The molecule has 0 saturated carbocycles. The molecule has 0 aliphatic rings. The summed E-state index contributed by atoms with van der Waals surface area (Å²) >= 11 is 0. The first-order valence-corrected chi connectivity index (χ1v) is 13.5. The van der Waals surface area contributed by atoms with Gasteiger partial charge in [-0.25, -0.2) is 4.98 Å². The van der Waals surface area contributed by atoms with Gasteiger partial charge in [-0.2, -0.15) is 0 Å². The Hall–Kier alpha value is -5.48. The van der Waals surface area contributed by atoms with Gasteiger partial charge in [0.2, 0.25) is 0 Å². The lowest BCUT2D eigenvalue weighted by Gasteiger charge is -2.07. The standard InChI is InChI=1S/C36H22N4/c1-3-9-23-21(7-1)15-17-29-33(23)27-13-5-11-25(35(27)39-29)31-19-37-20-32(38-31)26-12-6-14-28-34-24-10-4-2-8-22(24)16-18-30(34)40-36(26)28/h1-20,39-40H. The summed E-state index contributed by atoms with van der Waals surface area (Å²) in [4.78, 5) is 17.2. The molecule has 186 valence electrons. The Morgan fingerprint density at radius 1 is 0.425 bits per heavy atom. The van der Waals surface area contributed by atoms with Crippen LogP contribution in [0.2, 0.25) is 0 Å². The van der Waals surface area contributed by atoms with Crippen LogP contribution in [-0.2, 0) is 0 Å². The van der Waals surface area contributed by atoms with Crippen LogP contribution in [0.1, 0.15) is 0 Å². The molecular weight excluding hydrogens is 488 g/mol. The van der Waals surface area contributed by atoms with E-state index in [1.54, 1.807) is 0 Å². The summed E-state index contributed by atoms with van der Waals surface area (Å²) in [6.07, 6.45) is 3.72. The summed E-state index contributed by atoms with van der Waals surface area (Å²) < 4.78 is 0.